The lowest BCUT2D eigenvalue weighted by Gasteiger charge is -2.12. The Kier molecular flexibility index (Phi) is 5.30. The maximum atomic E-state index is 13.2. The fourth-order valence-corrected chi connectivity index (χ4v) is 1.85. The van der Waals surface area contributed by atoms with Gasteiger partial charge in [0.1, 0.15) is 5.82 Å². The van der Waals surface area contributed by atoms with Crippen LogP contribution in [0.15, 0.2) is 47.5 Å². The van der Waals surface area contributed by atoms with Crippen LogP contribution in [0.1, 0.15) is 11.1 Å². The Hall–Kier alpha value is -2.63. The number of phenols is 1. The van der Waals surface area contributed by atoms with Crippen molar-refractivity contribution in [2.45, 2.75) is 13.1 Å². The summed E-state index contributed by atoms with van der Waals surface area (Å²) in [7, 11) is 1.62. The van der Waals surface area contributed by atoms with Gasteiger partial charge in [-0.1, -0.05) is 18.2 Å². The Balaban J connectivity index is 1.87. The lowest BCUT2D eigenvalue weighted by molar-refractivity contribution is 0.431. The summed E-state index contributed by atoms with van der Waals surface area (Å²) < 4.78 is 26.0. The Bertz CT molecular complexity index is 657. The molecule has 6 heteroatoms. The maximum absolute atomic E-state index is 13.2. The number of aromatic hydroxyl groups is 1. The van der Waals surface area contributed by atoms with Gasteiger partial charge in [-0.05, 0) is 35.4 Å². The molecule has 0 unspecified atom stereocenters. The molecule has 4 nitrogen and oxygen atoms in total. The molecule has 0 amide bonds. The van der Waals surface area contributed by atoms with Crippen molar-refractivity contribution in [3.63, 3.8) is 0 Å². The summed E-state index contributed by atoms with van der Waals surface area (Å²) in [6.45, 7) is 0.851. The average Bonchev–Trinajstić information content (AvgIpc) is 2.52. The lowest BCUT2D eigenvalue weighted by atomic mass is 10.2. The molecule has 2 aromatic rings. The molecule has 0 aromatic heterocycles. The van der Waals surface area contributed by atoms with Crippen molar-refractivity contribution >= 4 is 5.96 Å². The molecule has 0 aliphatic rings. The number of halogens is 2. The van der Waals surface area contributed by atoms with Crippen molar-refractivity contribution in [2.24, 2.45) is 4.99 Å². The minimum absolute atomic E-state index is 0.277. The Morgan fingerprint density at radius 3 is 2.18 bits per heavy atom. The van der Waals surface area contributed by atoms with Gasteiger partial charge >= 0.3 is 0 Å². The number of aliphatic imine (C=N–C) groups is 1. The van der Waals surface area contributed by atoms with Gasteiger partial charge in [-0.2, -0.15) is 0 Å². The number of benzene rings is 2. The SMILES string of the molecule is CN=C(NCc1ccc(F)cc1)NCc1ccc(O)c(F)c1. The van der Waals surface area contributed by atoms with E-state index >= 15 is 0 Å². The summed E-state index contributed by atoms with van der Waals surface area (Å²) in [5.41, 5.74) is 1.60. The molecule has 0 bridgehead atoms. The minimum Gasteiger partial charge on any atom is -0.505 e. The smallest absolute Gasteiger partial charge is 0.191 e. The number of hydrogen-bond donors (Lipinski definition) is 3. The van der Waals surface area contributed by atoms with Crippen molar-refractivity contribution in [3.8, 4) is 5.75 Å². The highest BCUT2D eigenvalue weighted by Gasteiger charge is 2.03. The van der Waals surface area contributed by atoms with E-state index in [1.807, 2.05) is 0 Å². The van der Waals surface area contributed by atoms with E-state index in [-0.39, 0.29) is 11.6 Å². The standard InChI is InChI=1S/C16H17F2N3O/c1-19-16(20-9-11-2-5-13(17)6-3-11)21-10-12-4-7-15(22)14(18)8-12/h2-8,22H,9-10H2,1H3,(H2,19,20,21). The number of phenolic OH excluding ortho intramolecular Hbond substituents is 1. The van der Waals surface area contributed by atoms with Crippen LogP contribution in [0.5, 0.6) is 5.75 Å². The average molecular weight is 305 g/mol. The van der Waals surface area contributed by atoms with Crippen LogP contribution in [0.25, 0.3) is 0 Å². The van der Waals surface area contributed by atoms with Crippen molar-refractivity contribution in [3.05, 3.63) is 65.2 Å². The molecule has 2 aromatic carbocycles. The zero-order valence-corrected chi connectivity index (χ0v) is 12.1. The summed E-state index contributed by atoms with van der Waals surface area (Å²) in [5.74, 6) is -0.769. The summed E-state index contributed by atoms with van der Waals surface area (Å²) in [6.07, 6.45) is 0. The third-order valence-electron chi connectivity index (χ3n) is 3.07. The largest absolute Gasteiger partial charge is 0.505 e. The zero-order valence-electron chi connectivity index (χ0n) is 12.1. The van der Waals surface area contributed by atoms with Crippen LogP contribution >= 0.6 is 0 Å². The van der Waals surface area contributed by atoms with Crippen molar-refractivity contribution in [1.29, 1.82) is 0 Å². The number of nitrogens with zero attached hydrogens (tertiary/aromatic N) is 1. The molecular formula is C16H17F2N3O. The highest BCUT2D eigenvalue weighted by Crippen LogP contribution is 2.15. The molecule has 0 atom stereocenters. The van der Waals surface area contributed by atoms with Gasteiger partial charge in [-0.3, -0.25) is 4.99 Å². The molecule has 3 N–H and O–H groups in total. The Morgan fingerprint density at radius 2 is 1.59 bits per heavy atom. The third-order valence-corrected chi connectivity index (χ3v) is 3.07. The van der Waals surface area contributed by atoms with E-state index in [9.17, 15) is 8.78 Å². The monoisotopic (exact) mass is 305 g/mol. The highest BCUT2D eigenvalue weighted by molar-refractivity contribution is 5.79. The van der Waals surface area contributed by atoms with Gasteiger partial charge < -0.3 is 15.7 Å². The normalized spacial score (nSPS) is 11.3. The fraction of sp³-hybridized carbons (Fsp3) is 0.188. The Labute approximate surface area is 127 Å². The van der Waals surface area contributed by atoms with Gasteiger partial charge in [-0.25, -0.2) is 8.78 Å². The van der Waals surface area contributed by atoms with Crippen LogP contribution in [0.4, 0.5) is 8.78 Å². The molecule has 0 aliphatic heterocycles. The van der Waals surface area contributed by atoms with Crippen molar-refractivity contribution in [1.82, 2.24) is 10.6 Å². The Morgan fingerprint density at radius 1 is 1.00 bits per heavy atom. The van der Waals surface area contributed by atoms with Gasteiger partial charge in [0.25, 0.3) is 0 Å². The summed E-state index contributed by atoms with van der Waals surface area (Å²) >= 11 is 0. The first-order chi connectivity index (χ1) is 10.6. The van der Waals surface area contributed by atoms with Gasteiger partial charge in [-0.15, -0.1) is 0 Å². The van der Waals surface area contributed by atoms with Gasteiger partial charge in [0.15, 0.2) is 17.5 Å². The van der Waals surface area contributed by atoms with E-state index in [4.69, 9.17) is 5.11 Å². The predicted molar refractivity (Wildman–Crippen MR) is 81.5 cm³/mol. The topological polar surface area (TPSA) is 56.7 Å². The molecule has 0 radical (unpaired) electrons. The third kappa shape index (κ3) is 4.44. The van der Waals surface area contributed by atoms with E-state index in [0.717, 1.165) is 5.56 Å². The van der Waals surface area contributed by atoms with Gasteiger partial charge in [0.05, 0.1) is 0 Å². The molecular weight excluding hydrogens is 288 g/mol. The number of hydrogen-bond acceptors (Lipinski definition) is 2. The van der Waals surface area contributed by atoms with E-state index in [1.165, 1.54) is 24.3 Å². The van der Waals surface area contributed by atoms with E-state index in [2.05, 4.69) is 15.6 Å². The summed E-state index contributed by atoms with van der Waals surface area (Å²) in [4.78, 5) is 4.05. The van der Waals surface area contributed by atoms with Crippen LogP contribution in [0.2, 0.25) is 0 Å². The molecule has 0 saturated carbocycles. The summed E-state index contributed by atoms with van der Waals surface area (Å²) in [5, 5.41) is 15.2. The van der Waals surface area contributed by atoms with E-state index < -0.39 is 5.82 Å². The first kappa shape index (κ1) is 15.8. The molecule has 0 fully saturated rings. The van der Waals surface area contributed by atoms with Crippen LogP contribution < -0.4 is 10.6 Å². The zero-order chi connectivity index (χ0) is 15.9. The van der Waals surface area contributed by atoms with Crippen LogP contribution in [0.3, 0.4) is 0 Å². The van der Waals surface area contributed by atoms with Gasteiger partial charge in [0.2, 0.25) is 0 Å². The number of nitrogens with one attached hydrogen (secondary N) is 2. The molecule has 22 heavy (non-hydrogen) atoms. The van der Waals surface area contributed by atoms with E-state index in [1.54, 1.807) is 25.2 Å². The highest BCUT2D eigenvalue weighted by atomic mass is 19.1. The van der Waals surface area contributed by atoms with E-state index in [0.29, 0.717) is 24.6 Å². The quantitative estimate of drug-likeness (QED) is 0.601. The van der Waals surface area contributed by atoms with Crippen LogP contribution in [0, 0.1) is 11.6 Å². The summed E-state index contributed by atoms with van der Waals surface area (Å²) in [6, 6.07) is 10.4. The number of guanidine groups is 1. The first-order valence-corrected chi connectivity index (χ1v) is 6.75. The lowest BCUT2D eigenvalue weighted by Crippen LogP contribution is -2.36. The second-order valence-electron chi connectivity index (χ2n) is 4.69. The molecule has 0 spiro atoms. The number of rotatable bonds is 4. The molecule has 116 valence electrons. The van der Waals surface area contributed by atoms with Crippen LogP contribution in [-0.2, 0) is 13.1 Å². The maximum Gasteiger partial charge on any atom is 0.191 e. The molecule has 2 rings (SSSR count). The van der Waals surface area contributed by atoms with Crippen LogP contribution in [-0.4, -0.2) is 18.1 Å². The van der Waals surface area contributed by atoms with Gasteiger partial charge in [0, 0.05) is 20.1 Å². The molecule has 0 aliphatic carbocycles. The van der Waals surface area contributed by atoms with Crippen molar-refractivity contribution in [2.75, 3.05) is 7.05 Å². The molecule has 0 saturated heterocycles. The minimum atomic E-state index is -0.659. The first-order valence-electron chi connectivity index (χ1n) is 6.75. The molecule has 0 heterocycles. The second-order valence-corrected chi connectivity index (χ2v) is 4.69. The fourth-order valence-electron chi connectivity index (χ4n) is 1.85. The predicted octanol–water partition coefficient (Wildman–Crippen LogP) is 2.54. The van der Waals surface area contributed by atoms with Crippen molar-refractivity contribution < 1.29 is 13.9 Å². The second kappa shape index (κ2) is 7.40.